The molecule has 0 saturated carbocycles. The lowest BCUT2D eigenvalue weighted by Gasteiger charge is -2.34. The molecular formula is C16H19N3O3. The van der Waals surface area contributed by atoms with Gasteiger partial charge in [0.2, 0.25) is 0 Å². The van der Waals surface area contributed by atoms with Crippen LogP contribution < -0.4 is 5.32 Å². The largest absolute Gasteiger partial charge is 0.444 e. The Morgan fingerprint density at radius 3 is 2.86 bits per heavy atom. The van der Waals surface area contributed by atoms with Crippen molar-refractivity contribution in [2.75, 3.05) is 18.4 Å². The van der Waals surface area contributed by atoms with Gasteiger partial charge in [0.15, 0.2) is 5.78 Å². The zero-order valence-corrected chi connectivity index (χ0v) is 13.0. The van der Waals surface area contributed by atoms with E-state index in [0.717, 1.165) is 22.5 Å². The summed E-state index contributed by atoms with van der Waals surface area (Å²) in [4.78, 5) is 30.0. The highest BCUT2D eigenvalue weighted by Gasteiger charge is 2.33. The Bertz CT molecular complexity index is 673. The van der Waals surface area contributed by atoms with E-state index in [-0.39, 0.29) is 12.3 Å². The molecule has 3 rings (SSSR count). The van der Waals surface area contributed by atoms with Gasteiger partial charge in [-0.1, -0.05) is 0 Å². The third-order valence-electron chi connectivity index (χ3n) is 3.60. The van der Waals surface area contributed by atoms with E-state index in [1.54, 1.807) is 12.4 Å². The van der Waals surface area contributed by atoms with E-state index >= 15 is 0 Å². The molecule has 0 spiro atoms. The molecule has 2 aliphatic heterocycles. The molecule has 6 heteroatoms. The number of ketones is 1. The normalized spacial score (nSPS) is 17.6. The maximum Gasteiger partial charge on any atom is 0.411 e. The smallest absolute Gasteiger partial charge is 0.411 e. The van der Waals surface area contributed by atoms with Gasteiger partial charge in [-0.05, 0) is 32.4 Å². The van der Waals surface area contributed by atoms with Crippen LogP contribution in [0, 0.1) is 0 Å². The van der Waals surface area contributed by atoms with Crippen molar-refractivity contribution >= 4 is 17.6 Å². The number of amides is 1. The molecule has 0 aliphatic carbocycles. The van der Waals surface area contributed by atoms with Gasteiger partial charge in [0.05, 0.1) is 25.0 Å². The number of pyridine rings is 1. The number of rotatable bonds is 0. The molecule has 1 amide bonds. The number of carbonyl (C=O) groups excluding carboxylic acids is 2. The molecular weight excluding hydrogens is 282 g/mol. The van der Waals surface area contributed by atoms with Crippen molar-refractivity contribution in [2.24, 2.45) is 0 Å². The minimum Gasteiger partial charge on any atom is -0.444 e. The first-order chi connectivity index (χ1) is 10.3. The van der Waals surface area contributed by atoms with Gasteiger partial charge >= 0.3 is 6.09 Å². The Balaban J connectivity index is 1.81. The number of aromatic nitrogens is 1. The Morgan fingerprint density at radius 2 is 2.14 bits per heavy atom. The van der Waals surface area contributed by atoms with Gasteiger partial charge in [-0.25, -0.2) is 4.79 Å². The highest BCUT2D eigenvalue weighted by atomic mass is 16.6. The number of carbonyl (C=O) groups is 2. The van der Waals surface area contributed by atoms with Crippen LogP contribution in [0.5, 0.6) is 0 Å². The van der Waals surface area contributed by atoms with Crippen molar-refractivity contribution in [3.8, 4) is 0 Å². The summed E-state index contributed by atoms with van der Waals surface area (Å²) in [5, 5.41) is 3.22. The average molecular weight is 301 g/mol. The molecule has 2 aliphatic rings. The van der Waals surface area contributed by atoms with Gasteiger partial charge in [0.25, 0.3) is 0 Å². The number of anilines is 1. The molecule has 0 radical (unpaired) electrons. The van der Waals surface area contributed by atoms with E-state index < -0.39 is 11.7 Å². The van der Waals surface area contributed by atoms with Gasteiger partial charge in [0, 0.05) is 23.9 Å². The van der Waals surface area contributed by atoms with Gasteiger partial charge in [-0.3, -0.25) is 14.7 Å². The molecule has 6 nitrogen and oxygen atoms in total. The number of nitrogens with one attached hydrogen (secondary N) is 1. The lowest BCUT2D eigenvalue weighted by atomic mass is 9.93. The topological polar surface area (TPSA) is 71.5 Å². The second-order valence-electron chi connectivity index (χ2n) is 6.55. The first-order valence-electron chi connectivity index (χ1n) is 7.26. The first kappa shape index (κ1) is 14.6. The van der Waals surface area contributed by atoms with Crippen molar-refractivity contribution in [1.82, 2.24) is 9.88 Å². The quantitative estimate of drug-likeness (QED) is 0.794. The van der Waals surface area contributed by atoms with Crippen LogP contribution in [0.25, 0.3) is 0 Å². The highest BCUT2D eigenvalue weighted by molar-refractivity contribution is 6.02. The Labute approximate surface area is 129 Å². The zero-order valence-electron chi connectivity index (χ0n) is 13.0. The summed E-state index contributed by atoms with van der Waals surface area (Å²) < 4.78 is 5.35. The van der Waals surface area contributed by atoms with Gasteiger partial charge < -0.3 is 10.1 Å². The predicted octanol–water partition coefficient (Wildman–Crippen LogP) is 2.12. The Kier molecular flexibility index (Phi) is 3.39. The van der Waals surface area contributed by atoms with E-state index in [0.29, 0.717) is 13.0 Å². The van der Waals surface area contributed by atoms with E-state index in [2.05, 4.69) is 10.3 Å². The van der Waals surface area contributed by atoms with Crippen LogP contribution in [-0.4, -0.2) is 40.5 Å². The van der Waals surface area contributed by atoms with E-state index in [1.807, 2.05) is 26.8 Å². The molecule has 0 atom stereocenters. The van der Waals surface area contributed by atoms with Crippen LogP contribution in [0.1, 0.15) is 26.3 Å². The summed E-state index contributed by atoms with van der Waals surface area (Å²) in [6, 6.07) is 1.90. The maximum absolute atomic E-state index is 12.4. The van der Waals surface area contributed by atoms with Crippen molar-refractivity contribution in [1.29, 1.82) is 0 Å². The standard InChI is InChI=1S/C16H19N3O3/c1-16(2,3)22-15(21)19-8-13-11(14(20)9-19)6-10-4-5-17-7-12(10)18-13/h4-5,7,18H,6,8-9H2,1-3H3. The van der Waals surface area contributed by atoms with Gasteiger partial charge in [-0.2, -0.15) is 0 Å². The van der Waals surface area contributed by atoms with Crippen LogP contribution in [0.15, 0.2) is 29.7 Å². The minimum atomic E-state index is -0.578. The number of ether oxygens (including phenoxy) is 1. The highest BCUT2D eigenvalue weighted by Crippen LogP contribution is 2.30. The molecule has 0 bridgehead atoms. The molecule has 0 aromatic carbocycles. The number of fused-ring (bicyclic) bond motifs is 1. The summed E-state index contributed by atoms with van der Waals surface area (Å²) in [5.41, 5.74) is 2.87. The fourth-order valence-electron chi connectivity index (χ4n) is 2.60. The van der Waals surface area contributed by atoms with Gasteiger partial charge in [0.1, 0.15) is 5.60 Å². The van der Waals surface area contributed by atoms with Crippen LogP contribution in [0.3, 0.4) is 0 Å². The van der Waals surface area contributed by atoms with Crippen LogP contribution >= 0.6 is 0 Å². The third-order valence-corrected chi connectivity index (χ3v) is 3.60. The van der Waals surface area contributed by atoms with Gasteiger partial charge in [-0.15, -0.1) is 0 Å². The summed E-state index contributed by atoms with van der Waals surface area (Å²) in [7, 11) is 0. The molecule has 1 aromatic heterocycles. The van der Waals surface area contributed by atoms with Crippen LogP contribution in [0.2, 0.25) is 0 Å². The molecule has 0 fully saturated rings. The summed E-state index contributed by atoms with van der Waals surface area (Å²) in [6.45, 7) is 5.84. The summed E-state index contributed by atoms with van der Waals surface area (Å²) >= 11 is 0. The molecule has 116 valence electrons. The second kappa shape index (κ2) is 5.12. The van der Waals surface area contributed by atoms with Crippen molar-refractivity contribution < 1.29 is 14.3 Å². The third kappa shape index (κ3) is 2.81. The lowest BCUT2D eigenvalue weighted by molar-refractivity contribution is -0.117. The molecule has 0 unspecified atom stereocenters. The SMILES string of the molecule is CC(C)(C)OC(=O)N1CC(=O)C2=C(C1)Nc1cnccc1C2. The average Bonchev–Trinajstić information content (AvgIpc) is 2.43. The fourth-order valence-corrected chi connectivity index (χ4v) is 2.60. The molecule has 1 aromatic rings. The number of Topliss-reactive ketones (excluding diaryl/α,β-unsaturated/α-hetero) is 1. The molecule has 0 saturated heterocycles. The van der Waals surface area contributed by atoms with Crippen molar-refractivity contribution in [2.45, 2.75) is 32.8 Å². The summed E-state index contributed by atoms with van der Waals surface area (Å²) in [5.74, 6) is -0.0397. The van der Waals surface area contributed by atoms with E-state index in [1.165, 1.54) is 4.90 Å². The first-order valence-corrected chi connectivity index (χ1v) is 7.26. The molecule has 22 heavy (non-hydrogen) atoms. The lowest BCUT2D eigenvalue weighted by Crippen LogP contribution is -2.46. The fraction of sp³-hybridized carbons (Fsp3) is 0.438. The molecule has 3 heterocycles. The van der Waals surface area contributed by atoms with Crippen molar-refractivity contribution in [3.63, 3.8) is 0 Å². The minimum absolute atomic E-state index is 0.0397. The monoisotopic (exact) mass is 301 g/mol. The summed E-state index contributed by atoms with van der Waals surface area (Å²) in [6.07, 6.45) is 3.56. The van der Waals surface area contributed by atoms with Crippen LogP contribution in [-0.2, 0) is 16.0 Å². The van der Waals surface area contributed by atoms with Crippen molar-refractivity contribution in [3.05, 3.63) is 35.3 Å². The molecule has 1 N–H and O–H groups in total. The number of hydrogen-bond donors (Lipinski definition) is 1. The Morgan fingerprint density at radius 1 is 1.36 bits per heavy atom. The Hall–Kier alpha value is -2.37. The van der Waals surface area contributed by atoms with E-state index in [4.69, 9.17) is 4.74 Å². The maximum atomic E-state index is 12.4. The zero-order chi connectivity index (χ0) is 15.9. The number of hydrogen-bond acceptors (Lipinski definition) is 5. The second-order valence-corrected chi connectivity index (χ2v) is 6.55. The number of nitrogens with zero attached hydrogens (tertiary/aromatic N) is 2. The van der Waals surface area contributed by atoms with Crippen LogP contribution in [0.4, 0.5) is 10.5 Å². The van der Waals surface area contributed by atoms with E-state index in [9.17, 15) is 9.59 Å². The predicted molar refractivity (Wildman–Crippen MR) is 81.4 cm³/mol.